The molecule has 2 aliphatic heterocycles. The van der Waals surface area contributed by atoms with E-state index in [1.165, 1.54) is 12.3 Å². The minimum atomic E-state index is -0.181. The Bertz CT molecular complexity index is 1190. The third-order valence-corrected chi connectivity index (χ3v) is 6.83. The van der Waals surface area contributed by atoms with Crippen molar-refractivity contribution < 1.29 is 18.0 Å². The third kappa shape index (κ3) is 5.08. The Morgan fingerprint density at radius 3 is 2.66 bits per heavy atom. The predicted molar refractivity (Wildman–Crippen MR) is 127 cm³/mol. The van der Waals surface area contributed by atoms with Gasteiger partial charge in [-0.05, 0) is 37.5 Å². The summed E-state index contributed by atoms with van der Waals surface area (Å²) in [5, 5.41) is 9.51. The number of halogens is 1. The molecule has 8 nitrogen and oxygen atoms in total. The predicted octanol–water partition coefficient (Wildman–Crippen LogP) is 3.90. The number of furan rings is 1. The van der Waals surface area contributed by atoms with Crippen LogP contribution in [0.2, 0.25) is 0 Å². The lowest BCUT2D eigenvalue weighted by atomic mass is 9.95. The van der Waals surface area contributed by atoms with E-state index >= 15 is 0 Å². The van der Waals surface area contributed by atoms with Gasteiger partial charge >= 0.3 is 0 Å². The summed E-state index contributed by atoms with van der Waals surface area (Å²) in [6.45, 7) is 4.75. The van der Waals surface area contributed by atoms with Gasteiger partial charge in [-0.1, -0.05) is 18.2 Å². The van der Waals surface area contributed by atoms with Gasteiger partial charge in [-0.25, -0.2) is 4.39 Å². The van der Waals surface area contributed by atoms with E-state index in [1.807, 2.05) is 21.9 Å². The zero-order chi connectivity index (χ0) is 24.2. The number of benzene rings is 1. The minimum absolute atomic E-state index is 0.0534. The average molecular weight is 478 g/mol. The molecular formula is C26H28FN5O3. The molecule has 4 heterocycles. The van der Waals surface area contributed by atoms with Gasteiger partial charge < -0.3 is 18.6 Å². The molecule has 0 spiro atoms. The molecule has 35 heavy (non-hydrogen) atoms. The molecule has 0 unspecified atom stereocenters. The molecule has 5 rings (SSSR count). The highest BCUT2D eigenvalue weighted by Crippen LogP contribution is 2.31. The van der Waals surface area contributed by atoms with Gasteiger partial charge in [0.1, 0.15) is 11.9 Å². The van der Waals surface area contributed by atoms with E-state index in [0.29, 0.717) is 56.2 Å². The van der Waals surface area contributed by atoms with E-state index in [-0.39, 0.29) is 29.2 Å². The Labute approximate surface area is 203 Å². The summed E-state index contributed by atoms with van der Waals surface area (Å²) < 4.78 is 25.2. The van der Waals surface area contributed by atoms with Crippen molar-refractivity contribution in [1.82, 2.24) is 14.8 Å². The molecule has 3 aromatic rings. The minimum Gasteiger partial charge on any atom is -0.459 e. The van der Waals surface area contributed by atoms with Gasteiger partial charge in [-0.15, -0.1) is 0 Å². The largest absolute Gasteiger partial charge is 0.459 e. The number of hydrogen-bond donors (Lipinski definition) is 0. The second-order valence-electron chi connectivity index (χ2n) is 9.07. The molecule has 2 aromatic heterocycles. The van der Waals surface area contributed by atoms with Gasteiger partial charge in [0.25, 0.3) is 5.89 Å². The van der Waals surface area contributed by atoms with Crippen LogP contribution in [0.15, 0.2) is 51.5 Å². The van der Waals surface area contributed by atoms with Crippen LogP contribution in [0.25, 0.3) is 11.7 Å². The summed E-state index contributed by atoms with van der Waals surface area (Å²) >= 11 is 0. The summed E-state index contributed by atoms with van der Waals surface area (Å²) in [4.78, 5) is 23.7. The second kappa shape index (κ2) is 10.3. The number of piperidine rings is 1. The zero-order valence-corrected chi connectivity index (χ0v) is 19.5. The number of carbonyl (C=O) groups is 1. The van der Waals surface area contributed by atoms with E-state index < -0.39 is 0 Å². The van der Waals surface area contributed by atoms with Crippen LogP contribution >= 0.6 is 0 Å². The van der Waals surface area contributed by atoms with Crippen LogP contribution in [-0.4, -0.2) is 60.0 Å². The van der Waals surface area contributed by atoms with Gasteiger partial charge in [-0.2, -0.15) is 10.2 Å². The lowest BCUT2D eigenvalue weighted by Gasteiger charge is -2.33. The Balaban J connectivity index is 1.16. The first-order chi connectivity index (χ1) is 17.1. The normalized spacial score (nSPS) is 17.8. The van der Waals surface area contributed by atoms with Gasteiger partial charge in [0, 0.05) is 57.3 Å². The van der Waals surface area contributed by atoms with Crippen molar-refractivity contribution in [3.8, 4) is 17.7 Å². The summed E-state index contributed by atoms with van der Waals surface area (Å²) in [6.07, 6.45) is 3.79. The van der Waals surface area contributed by atoms with Crippen molar-refractivity contribution in [3.63, 3.8) is 0 Å². The molecule has 0 bridgehead atoms. The van der Waals surface area contributed by atoms with Crippen molar-refractivity contribution in [2.24, 2.45) is 5.92 Å². The van der Waals surface area contributed by atoms with Crippen molar-refractivity contribution in [1.29, 1.82) is 5.26 Å². The standard InChI is InChI=1S/C26H28FN5O3/c27-21-6-2-1-5-20(21)18-30-10-4-11-31(15-14-30)25(33)19-8-12-32(13-9-19)26-22(17-28)29-24(35-26)23-7-3-16-34-23/h1-3,5-7,16,19H,4,8-15,18H2. The van der Waals surface area contributed by atoms with E-state index in [2.05, 4.69) is 16.0 Å². The lowest BCUT2D eigenvalue weighted by Crippen LogP contribution is -2.44. The second-order valence-corrected chi connectivity index (χ2v) is 9.07. The van der Waals surface area contributed by atoms with E-state index in [1.54, 1.807) is 18.2 Å². The van der Waals surface area contributed by atoms with Crippen LogP contribution in [0.5, 0.6) is 0 Å². The maximum atomic E-state index is 14.0. The van der Waals surface area contributed by atoms with Crippen molar-refractivity contribution in [2.45, 2.75) is 25.8 Å². The summed E-state index contributed by atoms with van der Waals surface area (Å²) in [5.41, 5.74) is 0.919. The molecular weight excluding hydrogens is 449 g/mol. The number of rotatable bonds is 5. The lowest BCUT2D eigenvalue weighted by molar-refractivity contribution is -0.136. The van der Waals surface area contributed by atoms with Crippen LogP contribution in [0.4, 0.5) is 10.3 Å². The fraction of sp³-hybridized carbons (Fsp3) is 0.423. The van der Waals surface area contributed by atoms with Crippen LogP contribution < -0.4 is 4.90 Å². The van der Waals surface area contributed by atoms with Crippen LogP contribution in [-0.2, 0) is 11.3 Å². The zero-order valence-electron chi connectivity index (χ0n) is 19.5. The Morgan fingerprint density at radius 1 is 1.09 bits per heavy atom. The highest BCUT2D eigenvalue weighted by Gasteiger charge is 2.32. The number of nitrogens with zero attached hydrogens (tertiary/aromatic N) is 5. The molecule has 2 aliphatic rings. The highest BCUT2D eigenvalue weighted by atomic mass is 19.1. The highest BCUT2D eigenvalue weighted by molar-refractivity contribution is 5.79. The van der Waals surface area contributed by atoms with Gasteiger partial charge in [0.2, 0.25) is 17.5 Å². The van der Waals surface area contributed by atoms with E-state index in [0.717, 1.165) is 26.1 Å². The summed E-state index contributed by atoms with van der Waals surface area (Å²) in [5.74, 6) is 1.14. The number of amides is 1. The molecule has 0 N–H and O–H groups in total. The van der Waals surface area contributed by atoms with Crippen molar-refractivity contribution >= 4 is 11.8 Å². The SMILES string of the molecule is N#Cc1nc(-c2ccco2)oc1N1CCC(C(=O)N2CCCN(Cc3ccccc3F)CC2)CC1. The maximum Gasteiger partial charge on any atom is 0.266 e. The van der Waals surface area contributed by atoms with Crippen LogP contribution in [0.1, 0.15) is 30.5 Å². The summed E-state index contributed by atoms with van der Waals surface area (Å²) in [6, 6.07) is 12.4. The Hall–Kier alpha value is -3.64. The van der Waals surface area contributed by atoms with Gasteiger partial charge in [-0.3, -0.25) is 9.69 Å². The molecule has 2 fully saturated rings. The maximum absolute atomic E-state index is 14.0. The van der Waals surface area contributed by atoms with E-state index in [4.69, 9.17) is 8.83 Å². The topological polar surface area (TPSA) is 89.8 Å². The van der Waals surface area contributed by atoms with Crippen molar-refractivity contribution in [3.05, 3.63) is 59.7 Å². The monoisotopic (exact) mass is 477 g/mol. The first kappa shape index (κ1) is 23.1. The number of nitriles is 1. The number of hydrogen-bond acceptors (Lipinski definition) is 7. The van der Waals surface area contributed by atoms with Crippen LogP contribution in [0.3, 0.4) is 0 Å². The van der Waals surface area contributed by atoms with E-state index in [9.17, 15) is 14.4 Å². The van der Waals surface area contributed by atoms with Gasteiger partial charge in [0.05, 0.1) is 6.26 Å². The molecule has 182 valence electrons. The third-order valence-electron chi connectivity index (χ3n) is 6.83. The van der Waals surface area contributed by atoms with Crippen LogP contribution in [0, 0.1) is 23.1 Å². The Kier molecular flexibility index (Phi) is 6.82. The fourth-order valence-electron chi connectivity index (χ4n) is 4.91. The number of carbonyl (C=O) groups excluding carboxylic acids is 1. The number of anilines is 1. The molecule has 2 saturated heterocycles. The molecule has 0 aliphatic carbocycles. The average Bonchev–Trinajstić information content (AvgIpc) is 3.51. The molecule has 1 amide bonds. The van der Waals surface area contributed by atoms with Crippen molar-refractivity contribution in [2.75, 3.05) is 44.2 Å². The number of aromatic nitrogens is 1. The quantitative estimate of drug-likeness (QED) is 0.551. The smallest absolute Gasteiger partial charge is 0.266 e. The first-order valence-corrected chi connectivity index (χ1v) is 12.1. The molecule has 0 atom stereocenters. The molecule has 0 radical (unpaired) electrons. The summed E-state index contributed by atoms with van der Waals surface area (Å²) in [7, 11) is 0. The fourth-order valence-corrected chi connectivity index (χ4v) is 4.91. The Morgan fingerprint density at radius 2 is 1.91 bits per heavy atom. The molecule has 0 saturated carbocycles. The number of oxazole rings is 1. The first-order valence-electron chi connectivity index (χ1n) is 12.1. The molecule has 9 heteroatoms. The van der Waals surface area contributed by atoms with Gasteiger partial charge in [0.15, 0.2) is 5.76 Å². The molecule has 1 aromatic carbocycles.